The molecule has 0 fully saturated rings. The third kappa shape index (κ3) is 1.21. The van der Waals surface area contributed by atoms with Crippen LogP contribution in [0.15, 0.2) is 18.2 Å². The van der Waals surface area contributed by atoms with Crippen LogP contribution in [0.2, 0.25) is 0 Å². The quantitative estimate of drug-likeness (QED) is 0.510. The molecule has 0 aromatic heterocycles. The maximum atomic E-state index is 5.23. The molecule has 0 bridgehead atoms. The highest BCUT2D eigenvalue weighted by Gasteiger charge is 2.10. The van der Waals surface area contributed by atoms with E-state index in [2.05, 4.69) is 12.9 Å². The summed E-state index contributed by atoms with van der Waals surface area (Å²) >= 11 is 3.71. The number of rotatable bonds is 1. The lowest BCUT2D eigenvalue weighted by molar-refractivity contribution is 0.134. The van der Waals surface area contributed by atoms with Crippen molar-refractivity contribution in [1.29, 1.82) is 0 Å². The highest BCUT2D eigenvalue weighted by Crippen LogP contribution is 2.24. The van der Waals surface area contributed by atoms with Crippen molar-refractivity contribution in [1.82, 2.24) is 0 Å². The fraction of sp³-hybridized carbons (Fsp3) is 0.250. The summed E-state index contributed by atoms with van der Waals surface area (Å²) in [5, 5.41) is 0. The number of ether oxygens (including phenoxy) is 1. The summed E-state index contributed by atoms with van der Waals surface area (Å²) in [6, 6.07) is 5.85. The van der Waals surface area contributed by atoms with Crippen molar-refractivity contribution in [3.63, 3.8) is 0 Å². The first-order valence-corrected chi connectivity index (χ1v) is 3.77. The third-order valence-electron chi connectivity index (χ3n) is 1.80. The second-order valence-electron chi connectivity index (χ2n) is 2.51. The number of benzene rings is 1. The number of hydrogen-bond donors (Lipinski definition) is 1. The molecule has 0 radical (unpaired) electrons. The molecule has 1 heterocycles. The minimum Gasteiger partial charge on any atom is -0.429 e. The van der Waals surface area contributed by atoms with Gasteiger partial charge in [-0.25, -0.2) is 0 Å². The zero-order valence-electron chi connectivity index (χ0n) is 5.91. The molecule has 0 amide bonds. The summed E-state index contributed by atoms with van der Waals surface area (Å²) in [5.41, 5.74) is 2.45. The Hall–Kier alpha value is -0.670. The molecule has 1 aromatic carbocycles. The average Bonchev–Trinajstić information content (AvgIpc) is 2.50. The van der Waals surface area contributed by atoms with E-state index < -0.39 is 0 Å². The maximum absolute atomic E-state index is 5.23. The Bertz CT molecular complexity index is 273. The lowest BCUT2D eigenvalue weighted by Gasteiger charge is -1.99. The monoisotopic (exact) mass is 168 g/mol. The molecule has 2 rings (SSSR count). The van der Waals surface area contributed by atoms with Crippen molar-refractivity contribution in [2.45, 2.75) is 13.2 Å². The minimum atomic E-state index is 0.695. The van der Waals surface area contributed by atoms with Gasteiger partial charge in [-0.3, -0.25) is 0 Å². The van der Waals surface area contributed by atoms with Crippen LogP contribution in [0, 0.1) is 0 Å². The molecule has 3 heteroatoms. The Morgan fingerprint density at radius 1 is 1.27 bits per heavy atom. The van der Waals surface area contributed by atoms with Gasteiger partial charge in [0, 0.05) is 12.9 Å². The summed E-state index contributed by atoms with van der Waals surface area (Å²) in [5.74, 6) is 0.776. The zero-order chi connectivity index (χ0) is 7.68. The van der Waals surface area contributed by atoms with Crippen LogP contribution in [-0.4, -0.2) is 0 Å². The molecule has 0 saturated heterocycles. The molecule has 0 saturated carbocycles. The Kier molecular flexibility index (Phi) is 1.75. The van der Waals surface area contributed by atoms with E-state index in [0.29, 0.717) is 6.61 Å². The molecule has 0 atom stereocenters. The predicted molar refractivity (Wildman–Crippen MR) is 44.5 cm³/mol. The molecule has 0 aliphatic carbocycles. The first-order valence-electron chi connectivity index (χ1n) is 3.41. The van der Waals surface area contributed by atoms with E-state index in [-0.39, 0.29) is 0 Å². The van der Waals surface area contributed by atoms with E-state index in [9.17, 15) is 0 Å². The van der Waals surface area contributed by atoms with Gasteiger partial charge in [-0.05, 0) is 23.3 Å². The van der Waals surface area contributed by atoms with Crippen LogP contribution in [0.4, 0.5) is 0 Å². The van der Waals surface area contributed by atoms with Gasteiger partial charge in [0.2, 0.25) is 0 Å². The van der Waals surface area contributed by atoms with Crippen LogP contribution in [0.1, 0.15) is 11.1 Å². The van der Waals surface area contributed by atoms with E-state index in [1.54, 1.807) is 0 Å². The Balaban J connectivity index is 2.41. The molecule has 0 spiro atoms. The molecule has 1 aliphatic rings. The average molecular weight is 168 g/mol. The van der Waals surface area contributed by atoms with E-state index in [4.69, 9.17) is 8.92 Å². The molecule has 1 aliphatic heterocycles. The molecule has 0 unspecified atom stereocenters. The predicted octanol–water partition coefficient (Wildman–Crippen LogP) is 1.94. The molecule has 58 valence electrons. The highest BCUT2D eigenvalue weighted by atomic mass is 32.1. The largest absolute Gasteiger partial charge is 0.429 e. The van der Waals surface area contributed by atoms with Gasteiger partial charge in [-0.2, -0.15) is 0 Å². The molecular weight excluding hydrogens is 160 g/mol. The summed E-state index contributed by atoms with van der Waals surface area (Å²) in [4.78, 5) is 0. The summed E-state index contributed by atoms with van der Waals surface area (Å²) in [7, 11) is 0. The van der Waals surface area contributed by atoms with Crippen molar-refractivity contribution in [2.24, 2.45) is 0 Å². The Morgan fingerprint density at radius 2 is 2.09 bits per heavy atom. The first-order chi connectivity index (χ1) is 5.40. The van der Waals surface area contributed by atoms with E-state index >= 15 is 0 Å². The van der Waals surface area contributed by atoms with Crippen LogP contribution < -0.4 is 4.18 Å². The normalized spacial score (nSPS) is 14.6. The molecule has 11 heavy (non-hydrogen) atoms. The van der Waals surface area contributed by atoms with Crippen LogP contribution in [0.5, 0.6) is 5.75 Å². The minimum absolute atomic E-state index is 0.695. The van der Waals surface area contributed by atoms with Crippen molar-refractivity contribution in [3.8, 4) is 5.75 Å². The fourth-order valence-corrected chi connectivity index (χ4v) is 1.32. The van der Waals surface area contributed by atoms with E-state index in [1.807, 2.05) is 18.2 Å². The first kappa shape index (κ1) is 7.00. The van der Waals surface area contributed by atoms with Crippen molar-refractivity contribution >= 4 is 12.9 Å². The highest BCUT2D eigenvalue weighted by molar-refractivity contribution is 7.75. The standard InChI is InChI=1S/C8H8O2S/c11-10-8-2-1-6-4-9-5-7(6)3-8/h1-3,11H,4-5H2. The Morgan fingerprint density at radius 3 is 2.91 bits per heavy atom. The van der Waals surface area contributed by atoms with Gasteiger partial charge in [0.15, 0.2) is 0 Å². The van der Waals surface area contributed by atoms with E-state index in [1.165, 1.54) is 11.1 Å². The smallest absolute Gasteiger partial charge is 0.137 e. The van der Waals surface area contributed by atoms with Crippen molar-refractivity contribution in [2.75, 3.05) is 0 Å². The van der Waals surface area contributed by atoms with Gasteiger partial charge in [0.1, 0.15) is 5.75 Å². The summed E-state index contributed by atoms with van der Waals surface area (Å²) in [6.45, 7) is 1.42. The SMILES string of the molecule is SOc1ccc2c(c1)COC2. The molecule has 1 aromatic rings. The Labute approximate surface area is 70.7 Å². The lowest BCUT2D eigenvalue weighted by atomic mass is 10.1. The second-order valence-corrected chi connectivity index (χ2v) is 2.70. The van der Waals surface area contributed by atoms with Crippen LogP contribution in [0.25, 0.3) is 0 Å². The topological polar surface area (TPSA) is 18.5 Å². The van der Waals surface area contributed by atoms with Crippen LogP contribution >= 0.6 is 12.9 Å². The summed E-state index contributed by atoms with van der Waals surface area (Å²) in [6.07, 6.45) is 0. The van der Waals surface area contributed by atoms with E-state index in [0.717, 1.165) is 12.4 Å². The fourth-order valence-electron chi connectivity index (χ4n) is 1.21. The van der Waals surface area contributed by atoms with Crippen molar-refractivity contribution < 1.29 is 8.92 Å². The zero-order valence-corrected chi connectivity index (χ0v) is 6.80. The molecule has 0 N–H and O–H groups in total. The lowest BCUT2D eigenvalue weighted by Crippen LogP contribution is -1.82. The van der Waals surface area contributed by atoms with Gasteiger partial charge in [0.25, 0.3) is 0 Å². The van der Waals surface area contributed by atoms with Gasteiger partial charge >= 0.3 is 0 Å². The third-order valence-corrected chi connectivity index (χ3v) is 2.01. The van der Waals surface area contributed by atoms with Crippen LogP contribution in [-0.2, 0) is 18.0 Å². The summed E-state index contributed by atoms with van der Waals surface area (Å²) < 4.78 is 10.0. The number of thiol groups is 1. The van der Waals surface area contributed by atoms with Gasteiger partial charge in [0.05, 0.1) is 13.2 Å². The maximum Gasteiger partial charge on any atom is 0.137 e. The van der Waals surface area contributed by atoms with Gasteiger partial charge in [-0.15, -0.1) is 0 Å². The van der Waals surface area contributed by atoms with Crippen molar-refractivity contribution in [3.05, 3.63) is 29.3 Å². The van der Waals surface area contributed by atoms with Gasteiger partial charge in [-0.1, -0.05) is 6.07 Å². The second kappa shape index (κ2) is 2.75. The molecule has 2 nitrogen and oxygen atoms in total. The number of fused-ring (bicyclic) bond motifs is 1. The molecular formula is C8H8O2S. The number of hydrogen-bond acceptors (Lipinski definition) is 3. The van der Waals surface area contributed by atoms with Crippen LogP contribution in [0.3, 0.4) is 0 Å². The van der Waals surface area contributed by atoms with Gasteiger partial charge < -0.3 is 8.92 Å².